The van der Waals surface area contributed by atoms with Gasteiger partial charge in [-0.3, -0.25) is 0 Å². The van der Waals surface area contributed by atoms with Gasteiger partial charge in [-0.1, -0.05) is 200 Å². The minimum absolute atomic E-state index is 0.0619. The number of hydrogen-bond acceptors (Lipinski definition) is 1. The molecule has 4 heterocycles. The minimum atomic E-state index is -0.0619. The zero-order valence-corrected chi connectivity index (χ0v) is 38.2. The third-order valence-corrected chi connectivity index (χ3v) is 15.0. The van der Waals surface area contributed by atoms with Gasteiger partial charge < -0.3 is 14.0 Å². The van der Waals surface area contributed by atoms with E-state index in [1.54, 1.807) is 0 Å². The van der Waals surface area contributed by atoms with Crippen LogP contribution in [0.1, 0.15) is 0 Å². The van der Waals surface area contributed by atoms with Crippen LogP contribution in [0.3, 0.4) is 0 Å². The van der Waals surface area contributed by atoms with Crippen molar-refractivity contribution >= 4 is 83.8 Å². The maximum atomic E-state index is 2.60. The van der Waals surface area contributed by atoms with Crippen LogP contribution in [0, 0.1) is 0 Å². The predicted molar refractivity (Wildman–Crippen MR) is 296 cm³/mol. The molecule has 11 aromatic carbocycles. The molecular weight excluding hydrogens is 846 g/mol. The topological polar surface area (TPSA) is 13.1 Å². The van der Waals surface area contributed by atoms with Crippen LogP contribution in [0.5, 0.6) is 0 Å². The van der Waals surface area contributed by atoms with Crippen molar-refractivity contribution in [3.8, 4) is 55.9 Å². The molecule has 324 valence electrons. The largest absolute Gasteiger partial charge is 0.311 e. The van der Waals surface area contributed by atoms with Crippen LogP contribution in [-0.2, 0) is 0 Å². The number of fused-ring (bicyclic) bond motifs is 10. The van der Waals surface area contributed by atoms with Crippen molar-refractivity contribution in [3.63, 3.8) is 0 Å². The van der Waals surface area contributed by atoms with E-state index in [0.717, 1.165) is 11.4 Å². The van der Waals surface area contributed by atoms with Gasteiger partial charge in [0, 0.05) is 49.8 Å². The van der Waals surface area contributed by atoms with Gasteiger partial charge in [-0.15, -0.1) is 0 Å². The molecule has 0 radical (unpaired) electrons. The first-order chi connectivity index (χ1) is 34.7. The summed E-state index contributed by atoms with van der Waals surface area (Å²) in [6.07, 6.45) is 0. The summed E-state index contributed by atoms with van der Waals surface area (Å²) in [6.45, 7) is -0.0619. The molecule has 0 unspecified atom stereocenters. The number of hydrogen-bond donors (Lipinski definition) is 0. The van der Waals surface area contributed by atoms with E-state index in [9.17, 15) is 0 Å². The lowest BCUT2D eigenvalue weighted by molar-refractivity contribution is 1.13. The number of nitrogens with zero attached hydrogens (tertiary/aromatic N) is 3. The lowest BCUT2D eigenvalue weighted by Crippen LogP contribution is -2.60. The number of anilines is 3. The van der Waals surface area contributed by atoms with Crippen LogP contribution in [-0.4, -0.2) is 15.8 Å². The zero-order chi connectivity index (χ0) is 45.9. The van der Waals surface area contributed by atoms with E-state index in [4.69, 9.17) is 0 Å². The van der Waals surface area contributed by atoms with Gasteiger partial charge in [0.25, 0.3) is 6.71 Å². The number of benzene rings is 11. The molecule has 4 heteroatoms. The third kappa shape index (κ3) is 5.77. The minimum Gasteiger partial charge on any atom is -0.311 e. The van der Waals surface area contributed by atoms with Crippen molar-refractivity contribution in [2.75, 3.05) is 4.90 Å². The highest BCUT2D eigenvalue weighted by Gasteiger charge is 2.43. The standard InChI is InChI=1S/C66H42BN3/c1-6-18-43(19-7-1)47-32-35-60-57(37-47)67-58-38-50(46-24-12-4-13-25-46)36-56-53-28-16-17-29-59(53)70(66(56)58)64-42-52(41-63(65(64)67)68(60)51-26-14-5-15-27-51)69-61-39-48(44-20-8-2-9-21-44)30-33-54(61)55-34-31-49(40-62(55)69)45-22-10-3-11-23-45/h1-42H. The van der Waals surface area contributed by atoms with Crippen LogP contribution < -0.4 is 21.3 Å². The Labute approximate surface area is 406 Å². The molecule has 0 bridgehead atoms. The third-order valence-electron chi connectivity index (χ3n) is 15.0. The van der Waals surface area contributed by atoms with E-state index in [1.807, 2.05) is 0 Å². The Bertz CT molecular complexity index is 4120. The molecule has 2 aliphatic rings. The van der Waals surface area contributed by atoms with Crippen molar-refractivity contribution in [2.45, 2.75) is 0 Å². The molecule has 0 atom stereocenters. The average molecular weight is 888 g/mol. The van der Waals surface area contributed by atoms with Gasteiger partial charge in [-0.25, -0.2) is 0 Å². The Kier molecular flexibility index (Phi) is 8.45. The summed E-state index contributed by atoms with van der Waals surface area (Å²) < 4.78 is 5.14. The molecule has 0 saturated heterocycles. The second-order valence-corrected chi connectivity index (χ2v) is 18.9. The average Bonchev–Trinajstić information content (AvgIpc) is 3.95. The molecule has 0 N–H and O–H groups in total. The molecule has 2 aromatic heterocycles. The smallest absolute Gasteiger partial charge is 0.252 e. The summed E-state index contributed by atoms with van der Waals surface area (Å²) in [7, 11) is 0. The maximum absolute atomic E-state index is 2.60. The fourth-order valence-electron chi connectivity index (χ4n) is 12.0. The van der Waals surface area contributed by atoms with E-state index in [1.165, 1.54) is 122 Å². The van der Waals surface area contributed by atoms with Crippen LogP contribution >= 0.6 is 0 Å². The Morgan fingerprint density at radius 1 is 0.257 bits per heavy atom. The summed E-state index contributed by atoms with van der Waals surface area (Å²) in [4.78, 5) is 2.54. The highest BCUT2D eigenvalue weighted by Crippen LogP contribution is 2.46. The molecule has 13 aromatic rings. The van der Waals surface area contributed by atoms with Crippen LogP contribution in [0.4, 0.5) is 17.1 Å². The molecule has 15 rings (SSSR count). The molecule has 0 amide bonds. The first-order valence-electron chi connectivity index (χ1n) is 24.3. The van der Waals surface area contributed by atoms with E-state index in [-0.39, 0.29) is 6.71 Å². The predicted octanol–water partition coefficient (Wildman–Crippen LogP) is 15.2. The zero-order valence-electron chi connectivity index (χ0n) is 38.2. The van der Waals surface area contributed by atoms with Gasteiger partial charge in [0.1, 0.15) is 0 Å². The van der Waals surface area contributed by atoms with Crippen LogP contribution in [0.2, 0.25) is 0 Å². The second kappa shape index (κ2) is 15.2. The SMILES string of the molecule is c1ccc(-c2ccc3c(c2)B2c4c(cc(-n5c6cc(-c7ccccc7)ccc6c6ccc(-c7ccccc7)cc65)cc4-n4c5ccccc5c5cc(-c6ccccc6)cc2c54)N3c2ccccc2)cc1. The van der Waals surface area contributed by atoms with E-state index < -0.39 is 0 Å². The summed E-state index contributed by atoms with van der Waals surface area (Å²) in [5, 5.41) is 4.98. The van der Waals surface area contributed by atoms with E-state index >= 15 is 0 Å². The van der Waals surface area contributed by atoms with Crippen molar-refractivity contribution in [1.82, 2.24) is 9.13 Å². The van der Waals surface area contributed by atoms with Crippen LogP contribution in [0.15, 0.2) is 255 Å². The number of rotatable bonds is 6. The molecule has 70 heavy (non-hydrogen) atoms. The molecular formula is C66H42BN3. The monoisotopic (exact) mass is 887 g/mol. The molecule has 3 nitrogen and oxygen atoms in total. The summed E-state index contributed by atoms with van der Waals surface area (Å²) >= 11 is 0. The highest BCUT2D eigenvalue weighted by atomic mass is 15.2. The Morgan fingerprint density at radius 2 is 0.729 bits per heavy atom. The second-order valence-electron chi connectivity index (χ2n) is 18.9. The van der Waals surface area contributed by atoms with E-state index in [0.29, 0.717) is 0 Å². The van der Waals surface area contributed by atoms with Gasteiger partial charge in [0.15, 0.2) is 0 Å². The first-order valence-corrected chi connectivity index (χ1v) is 24.3. The first kappa shape index (κ1) is 38.9. The van der Waals surface area contributed by atoms with Gasteiger partial charge in [-0.2, -0.15) is 0 Å². The normalized spacial score (nSPS) is 12.5. The molecule has 0 aliphatic carbocycles. The van der Waals surface area contributed by atoms with Gasteiger partial charge in [0.05, 0.1) is 22.2 Å². The fraction of sp³-hybridized carbons (Fsp3) is 0. The Morgan fingerprint density at radius 3 is 1.33 bits per heavy atom. The Hall–Kier alpha value is -9.12. The van der Waals surface area contributed by atoms with E-state index in [2.05, 4.69) is 269 Å². The number of aromatic nitrogens is 2. The maximum Gasteiger partial charge on any atom is 0.252 e. The lowest BCUT2D eigenvalue weighted by atomic mass is 9.33. The highest BCUT2D eigenvalue weighted by molar-refractivity contribution is 7.00. The van der Waals surface area contributed by atoms with Crippen LogP contribution in [0.25, 0.3) is 99.5 Å². The lowest BCUT2D eigenvalue weighted by Gasteiger charge is -2.41. The fourth-order valence-corrected chi connectivity index (χ4v) is 12.0. The Balaban J connectivity index is 1.10. The number of para-hydroxylation sites is 2. The van der Waals surface area contributed by atoms with Crippen molar-refractivity contribution in [1.29, 1.82) is 0 Å². The molecule has 2 aliphatic heterocycles. The summed E-state index contributed by atoms with van der Waals surface area (Å²) in [6, 6.07) is 94.5. The molecule has 0 saturated carbocycles. The van der Waals surface area contributed by atoms with Gasteiger partial charge >= 0.3 is 0 Å². The van der Waals surface area contributed by atoms with Crippen molar-refractivity contribution in [3.05, 3.63) is 255 Å². The van der Waals surface area contributed by atoms with Gasteiger partial charge in [-0.05, 0) is 115 Å². The van der Waals surface area contributed by atoms with Crippen molar-refractivity contribution in [2.24, 2.45) is 0 Å². The van der Waals surface area contributed by atoms with Crippen molar-refractivity contribution < 1.29 is 0 Å². The molecule has 0 spiro atoms. The molecule has 0 fully saturated rings. The summed E-state index contributed by atoms with van der Waals surface area (Å²) in [5.74, 6) is 0. The van der Waals surface area contributed by atoms with Gasteiger partial charge in [0.2, 0.25) is 0 Å². The quantitative estimate of drug-likeness (QED) is 0.152. The summed E-state index contributed by atoms with van der Waals surface area (Å²) in [5.41, 5.74) is 24.2.